The van der Waals surface area contributed by atoms with Crippen LogP contribution in [0.4, 0.5) is 0 Å². The number of carbonyl (C=O) groups is 1. The number of hydrogen-bond donors (Lipinski definition) is 0. The number of hydrogen-bond acceptors (Lipinski definition) is 2. The van der Waals surface area contributed by atoms with Gasteiger partial charge in [-0.1, -0.05) is 12.1 Å². The molecule has 0 bridgehead atoms. The zero-order chi connectivity index (χ0) is 15.3. The summed E-state index contributed by atoms with van der Waals surface area (Å²) in [6, 6.07) is 7.59. The van der Waals surface area contributed by atoms with Gasteiger partial charge in [0.05, 0.1) is 6.54 Å². The molecule has 0 saturated heterocycles. The number of carbonyl (C=O) groups excluding carboxylic acids is 1. The van der Waals surface area contributed by atoms with Crippen LogP contribution < -0.4 is 0 Å². The van der Waals surface area contributed by atoms with Crippen molar-refractivity contribution in [2.24, 2.45) is 4.99 Å². The third-order valence-electron chi connectivity index (χ3n) is 2.81. The summed E-state index contributed by atoms with van der Waals surface area (Å²) >= 11 is 0. The molecule has 0 atom stereocenters. The summed E-state index contributed by atoms with van der Waals surface area (Å²) in [7, 11) is 11.4. The first-order valence-electron chi connectivity index (χ1n) is 6.52. The zero-order valence-electron chi connectivity index (χ0n) is 13.2. The quantitative estimate of drug-likeness (QED) is 0.618. The Bertz CT molecular complexity index is 465. The number of aliphatic imine (C=N–C) groups is 1. The van der Waals surface area contributed by atoms with Crippen molar-refractivity contribution in [1.29, 1.82) is 0 Å². The monoisotopic (exact) mass is 276 g/mol. The Morgan fingerprint density at radius 3 is 1.80 bits per heavy atom. The van der Waals surface area contributed by atoms with Crippen LogP contribution in [0, 0.1) is 0 Å². The lowest BCUT2D eigenvalue weighted by atomic mass is 10.1. The highest BCUT2D eigenvalue weighted by Gasteiger charge is 2.07. The van der Waals surface area contributed by atoms with E-state index in [-0.39, 0.29) is 5.91 Å². The van der Waals surface area contributed by atoms with E-state index in [1.165, 1.54) is 0 Å². The van der Waals surface area contributed by atoms with Crippen LogP contribution in [0.5, 0.6) is 0 Å². The second-order valence-electron chi connectivity index (χ2n) is 5.30. The van der Waals surface area contributed by atoms with Gasteiger partial charge in [-0.05, 0) is 17.7 Å². The molecule has 110 valence electrons. The maximum atomic E-state index is 11.8. The predicted octanol–water partition coefficient (Wildman–Crippen LogP) is 1.37. The molecule has 0 fully saturated rings. The van der Waals surface area contributed by atoms with Crippen LogP contribution in [0.2, 0.25) is 0 Å². The maximum absolute atomic E-state index is 11.8. The first kappa shape index (κ1) is 16.0. The molecule has 0 aromatic heterocycles. The summed E-state index contributed by atoms with van der Waals surface area (Å²) in [5.74, 6) is 0.931. The number of benzene rings is 1. The maximum Gasteiger partial charge on any atom is 0.253 e. The lowest BCUT2D eigenvalue weighted by Gasteiger charge is -2.22. The lowest BCUT2D eigenvalue weighted by molar-refractivity contribution is 0.0827. The molecule has 1 aromatic carbocycles. The van der Waals surface area contributed by atoms with E-state index < -0.39 is 0 Å². The van der Waals surface area contributed by atoms with Gasteiger partial charge < -0.3 is 14.7 Å². The van der Waals surface area contributed by atoms with E-state index in [0.717, 1.165) is 11.5 Å². The molecule has 1 amide bonds. The van der Waals surface area contributed by atoms with Crippen LogP contribution in [0.25, 0.3) is 0 Å². The lowest BCUT2D eigenvalue weighted by Crippen LogP contribution is -2.35. The third-order valence-corrected chi connectivity index (χ3v) is 2.81. The van der Waals surface area contributed by atoms with Gasteiger partial charge in [-0.2, -0.15) is 0 Å². The van der Waals surface area contributed by atoms with Gasteiger partial charge in [0.25, 0.3) is 5.91 Å². The minimum Gasteiger partial charge on any atom is -0.349 e. The van der Waals surface area contributed by atoms with Gasteiger partial charge in [0.15, 0.2) is 5.96 Å². The van der Waals surface area contributed by atoms with Crippen LogP contribution >= 0.6 is 0 Å². The number of nitrogens with zero attached hydrogens (tertiary/aromatic N) is 4. The van der Waals surface area contributed by atoms with Crippen LogP contribution in [0.1, 0.15) is 15.9 Å². The summed E-state index contributed by atoms with van der Waals surface area (Å²) < 4.78 is 0. The molecule has 0 saturated carbocycles. The van der Waals surface area contributed by atoms with Crippen molar-refractivity contribution in [2.45, 2.75) is 6.54 Å². The highest BCUT2D eigenvalue weighted by Crippen LogP contribution is 2.08. The number of guanidine groups is 1. The molecule has 1 rings (SSSR count). The van der Waals surface area contributed by atoms with E-state index in [2.05, 4.69) is 4.99 Å². The molecule has 0 unspecified atom stereocenters. The van der Waals surface area contributed by atoms with E-state index in [9.17, 15) is 4.79 Å². The SMILES string of the molecule is CN(C)C(=O)c1ccc(CN=C(N(C)C)N(C)C)cc1. The molecule has 5 heteroatoms. The molecular formula is C15H24N4O. The Hall–Kier alpha value is -2.04. The average molecular weight is 276 g/mol. The molecule has 0 aliphatic carbocycles. The van der Waals surface area contributed by atoms with E-state index >= 15 is 0 Å². The predicted molar refractivity (Wildman–Crippen MR) is 83.0 cm³/mol. The molecular weight excluding hydrogens is 252 g/mol. The van der Waals surface area contributed by atoms with Gasteiger partial charge in [-0.15, -0.1) is 0 Å². The van der Waals surface area contributed by atoms with Gasteiger partial charge in [-0.3, -0.25) is 4.79 Å². The Morgan fingerprint density at radius 1 is 0.900 bits per heavy atom. The van der Waals surface area contributed by atoms with Crippen molar-refractivity contribution >= 4 is 11.9 Å². The van der Waals surface area contributed by atoms with Gasteiger partial charge in [0, 0.05) is 47.8 Å². The van der Waals surface area contributed by atoms with Gasteiger partial charge in [-0.25, -0.2) is 4.99 Å². The third kappa shape index (κ3) is 4.26. The number of amides is 1. The fraction of sp³-hybridized carbons (Fsp3) is 0.467. The van der Waals surface area contributed by atoms with Gasteiger partial charge in [0.2, 0.25) is 0 Å². The Labute approximate surface area is 121 Å². The molecule has 0 radical (unpaired) electrons. The summed E-state index contributed by atoms with van der Waals surface area (Å²) in [5.41, 5.74) is 1.78. The molecule has 0 spiro atoms. The zero-order valence-corrected chi connectivity index (χ0v) is 13.2. The largest absolute Gasteiger partial charge is 0.349 e. The van der Waals surface area contributed by atoms with Crippen molar-refractivity contribution in [3.63, 3.8) is 0 Å². The fourth-order valence-corrected chi connectivity index (χ4v) is 1.86. The summed E-state index contributed by atoms with van der Waals surface area (Å²) in [6.07, 6.45) is 0. The molecule has 0 heterocycles. The molecule has 0 aliphatic rings. The van der Waals surface area contributed by atoms with Crippen LogP contribution in [-0.4, -0.2) is 68.9 Å². The van der Waals surface area contributed by atoms with Gasteiger partial charge >= 0.3 is 0 Å². The van der Waals surface area contributed by atoms with Crippen molar-refractivity contribution in [2.75, 3.05) is 42.3 Å². The van der Waals surface area contributed by atoms with Crippen LogP contribution in [-0.2, 0) is 6.54 Å². The number of rotatable bonds is 3. The van der Waals surface area contributed by atoms with Gasteiger partial charge in [0.1, 0.15) is 0 Å². The van der Waals surface area contributed by atoms with Crippen molar-refractivity contribution in [3.05, 3.63) is 35.4 Å². The second-order valence-corrected chi connectivity index (χ2v) is 5.30. The molecule has 5 nitrogen and oxygen atoms in total. The highest BCUT2D eigenvalue weighted by atomic mass is 16.2. The first-order chi connectivity index (χ1) is 9.32. The Morgan fingerprint density at radius 2 is 1.40 bits per heavy atom. The first-order valence-corrected chi connectivity index (χ1v) is 6.52. The van der Waals surface area contributed by atoms with E-state index in [0.29, 0.717) is 12.1 Å². The fourth-order valence-electron chi connectivity index (χ4n) is 1.86. The molecule has 20 heavy (non-hydrogen) atoms. The van der Waals surface area contributed by atoms with E-state index in [1.807, 2.05) is 62.3 Å². The minimum atomic E-state index is 0.0160. The molecule has 1 aromatic rings. The minimum absolute atomic E-state index is 0.0160. The Kier molecular flexibility index (Phi) is 5.55. The highest BCUT2D eigenvalue weighted by molar-refractivity contribution is 5.93. The smallest absolute Gasteiger partial charge is 0.253 e. The molecule has 0 aliphatic heterocycles. The van der Waals surface area contributed by atoms with E-state index in [4.69, 9.17) is 0 Å². The standard InChI is InChI=1S/C15H24N4O/c1-17(2)14(20)13-9-7-12(8-10-13)11-16-15(18(3)4)19(5)6/h7-10H,11H2,1-6H3. The Balaban J connectivity index is 2.80. The summed E-state index contributed by atoms with van der Waals surface area (Å²) in [6.45, 7) is 0.599. The van der Waals surface area contributed by atoms with Crippen molar-refractivity contribution < 1.29 is 4.79 Å². The van der Waals surface area contributed by atoms with Crippen molar-refractivity contribution in [1.82, 2.24) is 14.7 Å². The summed E-state index contributed by atoms with van der Waals surface area (Å²) in [4.78, 5) is 21.9. The van der Waals surface area contributed by atoms with E-state index in [1.54, 1.807) is 19.0 Å². The van der Waals surface area contributed by atoms with Crippen LogP contribution in [0.15, 0.2) is 29.3 Å². The second kappa shape index (κ2) is 6.93. The van der Waals surface area contributed by atoms with Crippen LogP contribution in [0.3, 0.4) is 0 Å². The normalized spacial score (nSPS) is 9.90. The average Bonchev–Trinajstić information content (AvgIpc) is 2.38. The van der Waals surface area contributed by atoms with Crippen molar-refractivity contribution in [3.8, 4) is 0 Å². The molecule has 0 N–H and O–H groups in total. The topological polar surface area (TPSA) is 39.2 Å². The summed E-state index contributed by atoms with van der Waals surface area (Å²) in [5, 5.41) is 0.